The normalized spacial score (nSPS) is 9.54. The number of nitrogens with zero attached hydrogens (tertiary/aromatic N) is 2. The topological polar surface area (TPSA) is 127 Å². The Morgan fingerprint density at radius 2 is 1.75 bits per heavy atom. The van der Waals surface area contributed by atoms with Gasteiger partial charge in [0.25, 0.3) is 5.69 Å². The summed E-state index contributed by atoms with van der Waals surface area (Å²) in [5.74, 6) is -0.192. The van der Waals surface area contributed by atoms with E-state index in [0.29, 0.717) is 5.75 Å². The summed E-state index contributed by atoms with van der Waals surface area (Å²) in [5, 5.41) is 39.1. The number of benzene rings is 2. The maximum atomic E-state index is 10.4. The van der Waals surface area contributed by atoms with Gasteiger partial charge in [-0.05, 0) is 25.0 Å². The van der Waals surface area contributed by atoms with Gasteiger partial charge in [-0.25, -0.2) is 0 Å². The summed E-state index contributed by atoms with van der Waals surface area (Å²) in [5.41, 5.74) is -0.0351. The van der Waals surface area contributed by atoms with Crippen LogP contribution in [0.1, 0.15) is 11.1 Å². The second-order valence-electron chi connectivity index (χ2n) is 4.77. The quantitative estimate of drug-likeness (QED) is 0.500. The number of nitro groups is 2. The van der Waals surface area contributed by atoms with Crippen LogP contribution in [-0.4, -0.2) is 20.1 Å². The maximum Gasteiger partial charge on any atom is 0.317 e. The lowest BCUT2D eigenvalue weighted by Crippen LogP contribution is -1.94. The first kappa shape index (κ1) is 18.6. The molecule has 8 heteroatoms. The summed E-state index contributed by atoms with van der Waals surface area (Å²) in [6.45, 7) is 4.94. The predicted octanol–water partition coefficient (Wildman–Crippen LogP) is 3.64. The van der Waals surface area contributed by atoms with Gasteiger partial charge in [0.05, 0.1) is 15.9 Å². The Kier molecular flexibility index (Phi) is 6.42. The van der Waals surface area contributed by atoms with Crippen molar-refractivity contribution in [2.24, 2.45) is 0 Å². The van der Waals surface area contributed by atoms with Crippen molar-refractivity contribution in [2.45, 2.75) is 13.3 Å². The van der Waals surface area contributed by atoms with E-state index in [2.05, 4.69) is 6.58 Å². The highest BCUT2D eigenvalue weighted by Crippen LogP contribution is 2.33. The van der Waals surface area contributed by atoms with Crippen LogP contribution < -0.4 is 0 Å². The SMILES string of the molecule is C=CCc1ccccc1O.Cc1cc([N+](=O)[O-])cc([N+](=O)[O-])c1O. The fourth-order valence-electron chi connectivity index (χ4n) is 1.83. The van der Waals surface area contributed by atoms with Crippen molar-refractivity contribution < 1.29 is 20.1 Å². The summed E-state index contributed by atoms with van der Waals surface area (Å²) in [6, 6.07) is 9.07. The third-order valence-corrected chi connectivity index (χ3v) is 3.03. The average molecular weight is 332 g/mol. The van der Waals surface area contributed by atoms with Gasteiger partial charge in [-0.15, -0.1) is 6.58 Å². The molecule has 0 bridgehead atoms. The first-order valence-electron chi connectivity index (χ1n) is 6.78. The minimum atomic E-state index is -0.866. The third kappa shape index (κ3) is 4.80. The first-order chi connectivity index (χ1) is 11.3. The maximum absolute atomic E-state index is 10.4. The van der Waals surface area contributed by atoms with Crippen molar-refractivity contribution in [2.75, 3.05) is 0 Å². The van der Waals surface area contributed by atoms with Crippen LogP contribution in [0.4, 0.5) is 11.4 Å². The number of rotatable bonds is 4. The zero-order valence-electron chi connectivity index (χ0n) is 12.9. The lowest BCUT2D eigenvalue weighted by molar-refractivity contribution is -0.394. The number of para-hydroxylation sites is 1. The van der Waals surface area contributed by atoms with Crippen molar-refractivity contribution in [3.05, 3.63) is 80.4 Å². The Morgan fingerprint density at radius 3 is 2.25 bits per heavy atom. The molecule has 0 heterocycles. The molecule has 2 aromatic carbocycles. The Morgan fingerprint density at radius 1 is 1.12 bits per heavy atom. The molecule has 0 aliphatic carbocycles. The molecule has 0 atom stereocenters. The monoisotopic (exact) mass is 332 g/mol. The van der Waals surface area contributed by atoms with Crippen LogP contribution in [0.5, 0.6) is 11.5 Å². The van der Waals surface area contributed by atoms with E-state index in [1.807, 2.05) is 18.2 Å². The Balaban J connectivity index is 0.000000254. The van der Waals surface area contributed by atoms with Gasteiger partial charge < -0.3 is 10.2 Å². The number of non-ortho nitro benzene ring substituents is 1. The van der Waals surface area contributed by atoms with Crippen LogP contribution in [0.15, 0.2) is 49.1 Å². The molecule has 0 saturated carbocycles. The van der Waals surface area contributed by atoms with E-state index < -0.39 is 27.0 Å². The molecule has 2 aromatic rings. The molecule has 0 spiro atoms. The van der Waals surface area contributed by atoms with E-state index in [1.54, 1.807) is 12.1 Å². The molecule has 0 amide bonds. The van der Waals surface area contributed by atoms with Crippen molar-refractivity contribution in [1.82, 2.24) is 0 Å². The molecule has 0 aliphatic heterocycles. The van der Waals surface area contributed by atoms with Gasteiger partial charge in [0.1, 0.15) is 5.75 Å². The lowest BCUT2D eigenvalue weighted by atomic mass is 10.1. The number of allylic oxidation sites excluding steroid dienone is 1. The number of phenols is 2. The fourth-order valence-corrected chi connectivity index (χ4v) is 1.83. The highest BCUT2D eigenvalue weighted by molar-refractivity contribution is 5.57. The smallest absolute Gasteiger partial charge is 0.317 e. The van der Waals surface area contributed by atoms with Gasteiger partial charge in [0.15, 0.2) is 5.75 Å². The molecule has 0 saturated heterocycles. The van der Waals surface area contributed by atoms with E-state index in [1.165, 1.54) is 6.92 Å². The molecule has 8 nitrogen and oxygen atoms in total. The molecule has 0 aromatic heterocycles. The highest BCUT2D eigenvalue weighted by atomic mass is 16.6. The molecule has 0 aliphatic rings. The van der Waals surface area contributed by atoms with Crippen LogP contribution in [0.2, 0.25) is 0 Å². The van der Waals surface area contributed by atoms with Gasteiger partial charge in [0.2, 0.25) is 0 Å². The number of phenolic OH excluding ortho intramolecular Hbond substituents is 2. The van der Waals surface area contributed by atoms with Crippen molar-refractivity contribution in [1.29, 1.82) is 0 Å². The molecule has 24 heavy (non-hydrogen) atoms. The summed E-state index contributed by atoms with van der Waals surface area (Å²) >= 11 is 0. The minimum absolute atomic E-state index is 0.103. The standard InChI is InChI=1S/C9H10O.C7H6N2O5/c1-2-5-8-6-3-4-7-9(8)10;1-4-2-5(8(11)12)3-6(7(4)10)9(13)14/h2-4,6-7,10H,1,5H2;2-3,10H,1H3. The Bertz CT molecular complexity index is 773. The van der Waals surface area contributed by atoms with Gasteiger partial charge in [-0.2, -0.15) is 0 Å². The van der Waals surface area contributed by atoms with Crippen LogP contribution in [-0.2, 0) is 6.42 Å². The summed E-state index contributed by atoms with van der Waals surface area (Å²) in [4.78, 5) is 19.1. The summed E-state index contributed by atoms with van der Waals surface area (Å²) in [6.07, 6.45) is 2.50. The Labute approximate surface area is 137 Å². The number of hydrogen-bond acceptors (Lipinski definition) is 6. The van der Waals surface area contributed by atoms with Gasteiger partial charge in [-0.1, -0.05) is 24.3 Å². The summed E-state index contributed by atoms with van der Waals surface area (Å²) in [7, 11) is 0. The zero-order valence-corrected chi connectivity index (χ0v) is 12.9. The number of aryl methyl sites for hydroxylation is 1. The fraction of sp³-hybridized carbons (Fsp3) is 0.125. The van der Waals surface area contributed by atoms with Crippen molar-refractivity contribution in [3.8, 4) is 11.5 Å². The van der Waals surface area contributed by atoms with E-state index in [4.69, 9.17) is 0 Å². The molecule has 2 N–H and O–H groups in total. The third-order valence-electron chi connectivity index (χ3n) is 3.03. The predicted molar refractivity (Wildman–Crippen MR) is 88.2 cm³/mol. The largest absolute Gasteiger partial charge is 0.508 e. The number of hydrogen-bond donors (Lipinski definition) is 2. The molecular weight excluding hydrogens is 316 g/mol. The van der Waals surface area contributed by atoms with Crippen LogP contribution in [0.25, 0.3) is 0 Å². The zero-order chi connectivity index (χ0) is 18.3. The lowest BCUT2D eigenvalue weighted by Gasteiger charge is -1.99. The van der Waals surface area contributed by atoms with E-state index in [0.717, 1.165) is 24.1 Å². The van der Waals surface area contributed by atoms with E-state index in [9.17, 15) is 30.4 Å². The van der Waals surface area contributed by atoms with E-state index in [-0.39, 0.29) is 5.56 Å². The van der Waals surface area contributed by atoms with Crippen LogP contribution >= 0.6 is 0 Å². The van der Waals surface area contributed by atoms with E-state index >= 15 is 0 Å². The van der Waals surface area contributed by atoms with Gasteiger partial charge >= 0.3 is 5.69 Å². The van der Waals surface area contributed by atoms with Crippen molar-refractivity contribution >= 4 is 11.4 Å². The number of aromatic hydroxyl groups is 2. The average Bonchev–Trinajstić information content (AvgIpc) is 2.52. The highest BCUT2D eigenvalue weighted by Gasteiger charge is 2.21. The molecule has 0 unspecified atom stereocenters. The molecule has 126 valence electrons. The van der Waals surface area contributed by atoms with Crippen molar-refractivity contribution in [3.63, 3.8) is 0 Å². The Hall–Kier alpha value is -3.42. The second-order valence-corrected chi connectivity index (χ2v) is 4.77. The van der Waals surface area contributed by atoms with Crippen LogP contribution in [0.3, 0.4) is 0 Å². The molecule has 0 fully saturated rings. The number of nitro benzene ring substituents is 2. The van der Waals surface area contributed by atoms with Gasteiger partial charge in [-0.3, -0.25) is 20.2 Å². The first-order valence-corrected chi connectivity index (χ1v) is 6.78. The summed E-state index contributed by atoms with van der Waals surface area (Å²) < 4.78 is 0. The molecule has 0 radical (unpaired) electrons. The molecular formula is C16H16N2O6. The van der Waals surface area contributed by atoms with Crippen LogP contribution in [0, 0.1) is 27.2 Å². The molecule has 2 rings (SSSR count). The minimum Gasteiger partial charge on any atom is -0.508 e. The second kappa shape index (κ2) is 8.28. The van der Waals surface area contributed by atoms with Gasteiger partial charge in [0, 0.05) is 11.6 Å².